The van der Waals surface area contributed by atoms with E-state index in [-0.39, 0.29) is 8.88 Å². The monoisotopic (exact) mass is 448 g/mol. The minimum Gasteiger partial charge on any atom is -0.382 e. The number of imidazole rings is 1. The van der Waals surface area contributed by atoms with Gasteiger partial charge in [0.2, 0.25) is 0 Å². The van der Waals surface area contributed by atoms with E-state index in [4.69, 9.17) is 10.7 Å². The second-order valence-corrected chi connectivity index (χ2v) is 8.45. The summed E-state index contributed by atoms with van der Waals surface area (Å²) in [6.45, 7) is 5.64. The van der Waals surface area contributed by atoms with E-state index in [1.54, 1.807) is 0 Å². The minimum atomic E-state index is -0.180. The Morgan fingerprint density at radius 1 is 1.06 bits per heavy atom. The van der Waals surface area contributed by atoms with Crippen LogP contribution in [0, 0.1) is 6.92 Å². The Bertz CT molecular complexity index is 1260. The predicted molar refractivity (Wildman–Crippen MR) is 140 cm³/mol. The molecule has 7 nitrogen and oxygen atoms in total. The normalized spacial score (nSPS) is 11.2. The molecule has 176 valence electrons. The first kappa shape index (κ1) is 22.6. The van der Waals surface area contributed by atoms with E-state index in [0.717, 1.165) is 77.7 Å². The zero-order valence-corrected chi connectivity index (χ0v) is 19.4. The lowest BCUT2D eigenvalue weighted by Crippen LogP contribution is -2.29. The van der Waals surface area contributed by atoms with Gasteiger partial charge in [-0.1, -0.05) is 49.2 Å². The lowest BCUT2D eigenvalue weighted by Gasteiger charge is -2.12. The largest absolute Gasteiger partial charge is 0.382 e. The molecule has 4 rings (SSSR count). The van der Waals surface area contributed by atoms with Crippen molar-refractivity contribution >= 4 is 39.5 Å². The van der Waals surface area contributed by atoms with Crippen LogP contribution in [0.15, 0.2) is 48.5 Å². The van der Waals surface area contributed by atoms with Crippen LogP contribution in [-0.4, -0.2) is 27.1 Å². The first-order valence-corrected chi connectivity index (χ1v) is 11.7. The van der Waals surface area contributed by atoms with E-state index in [0.29, 0.717) is 12.4 Å². The second kappa shape index (κ2) is 10.3. The van der Waals surface area contributed by atoms with Gasteiger partial charge in [-0.2, -0.15) is 0 Å². The highest BCUT2D eigenvalue weighted by Gasteiger charge is 2.16. The van der Waals surface area contributed by atoms with Crippen LogP contribution in [-0.2, 0) is 13.0 Å². The molecule has 0 saturated carbocycles. The Morgan fingerprint density at radius 2 is 1.85 bits per heavy atom. The molecule has 0 saturated heterocycles. The zero-order valence-electron chi connectivity index (χ0n) is 19.4. The summed E-state index contributed by atoms with van der Waals surface area (Å²) < 4.78 is 2.30. The highest BCUT2D eigenvalue weighted by molar-refractivity contribution is 6.06. The van der Waals surface area contributed by atoms with Gasteiger partial charge in [-0.25, -0.2) is 14.8 Å². The summed E-state index contributed by atoms with van der Waals surface area (Å²) in [5.74, 6) is 1.54. The van der Waals surface area contributed by atoms with E-state index in [2.05, 4.69) is 33.2 Å². The Hall–Kier alpha value is -3.61. The number of nitrogens with one attached hydrogen (secondary N) is 2. The van der Waals surface area contributed by atoms with Crippen molar-refractivity contribution in [1.82, 2.24) is 19.9 Å². The summed E-state index contributed by atoms with van der Waals surface area (Å²) in [6.07, 6.45) is 4.89. The van der Waals surface area contributed by atoms with E-state index in [1.165, 1.54) is 0 Å². The number of pyridine rings is 1. The molecule has 7 heteroatoms. The molecule has 0 radical (unpaired) electrons. The number of carbonyl (C=O) groups is 1. The SMILES string of the molecule is CCCCc1nc2c(N)nc3ccccc3c2n1CCCCNC(=O)Nc1ccc(C)cc1.[HH].[HH]. The van der Waals surface area contributed by atoms with Gasteiger partial charge < -0.3 is 20.9 Å². The number of hydrogen-bond acceptors (Lipinski definition) is 4. The molecule has 0 aliphatic rings. The van der Waals surface area contributed by atoms with Crippen LogP contribution in [0.25, 0.3) is 21.9 Å². The van der Waals surface area contributed by atoms with E-state index >= 15 is 0 Å². The van der Waals surface area contributed by atoms with Gasteiger partial charge in [0.25, 0.3) is 0 Å². The molecule has 4 N–H and O–H groups in total. The summed E-state index contributed by atoms with van der Waals surface area (Å²) in [5.41, 5.74) is 11.0. The number of urea groups is 1. The Morgan fingerprint density at radius 3 is 2.64 bits per heavy atom. The molecule has 2 aromatic heterocycles. The van der Waals surface area contributed by atoms with Gasteiger partial charge in [-0.05, 0) is 44.4 Å². The number of rotatable bonds is 9. The van der Waals surface area contributed by atoms with Crippen LogP contribution in [0.3, 0.4) is 0 Å². The van der Waals surface area contributed by atoms with E-state index in [1.807, 2.05) is 49.4 Å². The molecule has 2 amide bonds. The molecule has 33 heavy (non-hydrogen) atoms. The van der Waals surface area contributed by atoms with Gasteiger partial charge in [0.05, 0.1) is 11.0 Å². The standard InChI is InChI=1S/C26H32N6O.2H2/c1-3-4-11-22-31-23-24(20-9-5-6-10-21(20)30-25(23)27)32(22)17-8-7-16-28-26(33)29-19-14-12-18(2)13-15-19;;/h5-6,9-10,12-15H,3-4,7-8,11,16-17H2,1-2H3,(H2,27,30)(H2,28,29,33);2*1H. The number of para-hydroxylation sites is 1. The summed E-state index contributed by atoms with van der Waals surface area (Å²) in [7, 11) is 0. The number of hydrogen-bond donors (Lipinski definition) is 3. The molecule has 2 aromatic carbocycles. The summed E-state index contributed by atoms with van der Waals surface area (Å²) in [5, 5.41) is 6.89. The topological polar surface area (TPSA) is 97.9 Å². The number of nitrogens with two attached hydrogens (primary N) is 1. The zero-order chi connectivity index (χ0) is 23.2. The van der Waals surface area contributed by atoms with Crippen LogP contribution >= 0.6 is 0 Å². The Kier molecular flexibility index (Phi) is 7.07. The average Bonchev–Trinajstić information content (AvgIpc) is 3.18. The van der Waals surface area contributed by atoms with Crippen molar-refractivity contribution in [2.45, 2.75) is 52.5 Å². The summed E-state index contributed by atoms with van der Waals surface area (Å²) in [4.78, 5) is 21.6. The quantitative estimate of drug-likeness (QED) is 0.277. The first-order chi connectivity index (χ1) is 16.1. The number of fused-ring (bicyclic) bond motifs is 3. The molecule has 2 heterocycles. The number of nitrogen functional groups attached to an aromatic ring is 1. The van der Waals surface area contributed by atoms with Crippen molar-refractivity contribution in [2.75, 3.05) is 17.6 Å². The molecule has 0 fully saturated rings. The van der Waals surface area contributed by atoms with Gasteiger partial charge in [0.15, 0.2) is 5.82 Å². The van der Waals surface area contributed by atoms with Crippen LogP contribution in [0.1, 0.15) is 46.8 Å². The maximum absolute atomic E-state index is 12.2. The molecule has 0 unspecified atom stereocenters. The fourth-order valence-corrected chi connectivity index (χ4v) is 4.08. The van der Waals surface area contributed by atoms with Crippen molar-refractivity contribution < 1.29 is 7.65 Å². The number of unbranched alkanes of at least 4 members (excludes halogenated alkanes) is 2. The number of benzene rings is 2. The van der Waals surface area contributed by atoms with Crippen molar-refractivity contribution in [3.8, 4) is 0 Å². The third kappa shape index (κ3) is 5.25. The fourth-order valence-electron chi connectivity index (χ4n) is 4.08. The van der Waals surface area contributed by atoms with Crippen molar-refractivity contribution in [3.63, 3.8) is 0 Å². The third-order valence-electron chi connectivity index (χ3n) is 5.85. The average molecular weight is 449 g/mol. The smallest absolute Gasteiger partial charge is 0.319 e. The van der Waals surface area contributed by atoms with Gasteiger partial charge in [-0.3, -0.25) is 0 Å². The summed E-state index contributed by atoms with van der Waals surface area (Å²) in [6, 6.07) is 15.7. The highest BCUT2D eigenvalue weighted by atomic mass is 16.2. The second-order valence-electron chi connectivity index (χ2n) is 8.45. The molecule has 0 bridgehead atoms. The highest BCUT2D eigenvalue weighted by Crippen LogP contribution is 2.29. The van der Waals surface area contributed by atoms with Crippen LogP contribution < -0.4 is 16.4 Å². The van der Waals surface area contributed by atoms with Gasteiger partial charge in [0.1, 0.15) is 11.3 Å². The lowest BCUT2D eigenvalue weighted by atomic mass is 10.2. The van der Waals surface area contributed by atoms with Gasteiger partial charge >= 0.3 is 6.03 Å². The van der Waals surface area contributed by atoms with Gasteiger partial charge in [-0.15, -0.1) is 0 Å². The molecular formula is C26H36N6O. The Balaban J connectivity index is 0.00000216. The number of anilines is 2. The first-order valence-electron chi connectivity index (χ1n) is 11.7. The third-order valence-corrected chi connectivity index (χ3v) is 5.85. The number of nitrogens with zero attached hydrogens (tertiary/aromatic N) is 3. The van der Waals surface area contributed by atoms with E-state index < -0.39 is 0 Å². The maximum Gasteiger partial charge on any atom is 0.319 e. The fraction of sp³-hybridized carbons (Fsp3) is 0.346. The molecule has 0 atom stereocenters. The maximum atomic E-state index is 12.2. The van der Waals surface area contributed by atoms with Crippen molar-refractivity contribution in [2.24, 2.45) is 0 Å². The van der Waals surface area contributed by atoms with Gasteiger partial charge in [0, 0.05) is 33.4 Å². The molecule has 4 aromatic rings. The predicted octanol–water partition coefficient (Wildman–Crippen LogP) is 5.91. The Labute approximate surface area is 197 Å². The number of carbonyl (C=O) groups excluding carboxylic acids is 1. The minimum absolute atomic E-state index is 0. The number of amides is 2. The van der Waals surface area contributed by atoms with Crippen LogP contribution in [0.4, 0.5) is 16.3 Å². The number of aryl methyl sites for hydroxylation is 3. The lowest BCUT2D eigenvalue weighted by molar-refractivity contribution is 0.252. The molecule has 0 aliphatic carbocycles. The van der Waals surface area contributed by atoms with E-state index in [9.17, 15) is 4.79 Å². The van der Waals surface area contributed by atoms with Crippen molar-refractivity contribution in [3.05, 3.63) is 59.9 Å². The van der Waals surface area contributed by atoms with Crippen molar-refractivity contribution in [1.29, 1.82) is 0 Å². The van der Waals surface area contributed by atoms with Crippen LogP contribution in [0.2, 0.25) is 0 Å². The molecular weight excluding hydrogens is 412 g/mol. The summed E-state index contributed by atoms with van der Waals surface area (Å²) >= 11 is 0. The molecule has 0 spiro atoms. The number of aromatic nitrogens is 3. The van der Waals surface area contributed by atoms with Crippen LogP contribution in [0.5, 0.6) is 0 Å². The molecule has 0 aliphatic heterocycles.